The number of hydrogen-bond donors (Lipinski definition) is 2. The summed E-state index contributed by atoms with van der Waals surface area (Å²) in [6, 6.07) is 0. The zero-order valence-electron chi connectivity index (χ0n) is 8.79. The number of rotatable bonds is 1. The van der Waals surface area contributed by atoms with Gasteiger partial charge in [0.25, 0.3) is 5.97 Å². The molecule has 0 saturated heterocycles. The zero-order chi connectivity index (χ0) is 10.4. The van der Waals surface area contributed by atoms with Gasteiger partial charge in [-0.25, -0.2) is 0 Å². The summed E-state index contributed by atoms with van der Waals surface area (Å²) < 4.78 is 0. The second kappa shape index (κ2) is 5.97. The molecule has 3 nitrogen and oxygen atoms in total. The Morgan fingerprint density at radius 1 is 1.38 bits per heavy atom. The van der Waals surface area contributed by atoms with Crippen LogP contribution in [0.1, 0.15) is 33.6 Å². The molecule has 3 N–H and O–H groups in total. The third kappa shape index (κ3) is 5.64. The van der Waals surface area contributed by atoms with Crippen molar-refractivity contribution in [2.24, 2.45) is 23.5 Å². The zero-order valence-corrected chi connectivity index (χ0v) is 8.79. The van der Waals surface area contributed by atoms with E-state index in [-0.39, 0.29) is 0 Å². The Labute approximate surface area is 80.3 Å². The maximum atomic E-state index is 9.00. The van der Waals surface area contributed by atoms with Crippen molar-refractivity contribution >= 4 is 5.97 Å². The largest absolute Gasteiger partial charge is 0.481 e. The summed E-state index contributed by atoms with van der Waals surface area (Å²) in [5, 5.41) is 7.42. The first-order valence-corrected chi connectivity index (χ1v) is 4.87. The Morgan fingerprint density at radius 3 is 1.85 bits per heavy atom. The Kier molecular flexibility index (Phi) is 5.71. The first-order chi connectivity index (χ1) is 5.97. The highest BCUT2D eigenvalue weighted by atomic mass is 16.4. The number of carboxylic acid groups (broad SMARTS) is 1. The Balaban J connectivity index is 0.000000310. The maximum Gasteiger partial charge on any atom is 0.300 e. The molecule has 0 aromatic rings. The molecule has 0 bridgehead atoms. The minimum Gasteiger partial charge on any atom is -0.481 e. The first-order valence-electron chi connectivity index (χ1n) is 4.87. The Hall–Kier alpha value is -0.570. The van der Waals surface area contributed by atoms with E-state index in [0.717, 1.165) is 31.2 Å². The average molecular weight is 187 g/mol. The number of carbonyl (C=O) groups is 1. The van der Waals surface area contributed by atoms with Gasteiger partial charge in [-0.2, -0.15) is 0 Å². The third-order valence-electron chi connectivity index (χ3n) is 2.71. The minimum atomic E-state index is -0.833. The van der Waals surface area contributed by atoms with Gasteiger partial charge in [-0.05, 0) is 37.1 Å². The molecule has 1 fully saturated rings. The summed E-state index contributed by atoms with van der Waals surface area (Å²) in [5.74, 6) is 1.83. The highest BCUT2D eigenvalue weighted by Gasteiger charge is 2.26. The van der Waals surface area contributed by atoms with Crippen molar-refractivity contribution in [1.82, 2.24) is 0 Å². The van der Waals surface area contributed by atoms with Crippen LogP contribution < -0.4 is 5.73 Å². The predicted molar refractivity (Wildman–Crippen MR) is 53.4 cm³/mol. The fraction of sp³-hybridized carbons (Fsp3) is 0.900. The fourth-order valence-electron chi connectivity index (χ4n) is 1.80. The lowest BCUT2D eigenvalue weighted by Crippen LogP contribution is -2.10. The van der Waals surface area contributed by atoms with Crippen LogP contribution in [0.25, 0.3) is 0 Å². The number of nitrogens with two attached hydrogens (primary N) is 1. The van der Waals surface area contributed by atoms with Gasteiger partial charge in [-0.15, -0.1) is 0 Å². The van der Waals surface area contributed by atoms with Crippen LogP contribution in [-0.4, -0.2) is 17.6 Å². The van der Waals surface area contributed by atoms with E-state index in [2.05, 4.69) is 13.8 Å². The van der Waals surface area contributed by atoms with Crippen molar-refractivity contribution in [1.29, 1.82) is 0 Å². The molecule has 0 aromatic carbocycles. The molecule has 0 aromatic heterocycles. The van der Waals surface area contributed by atoms with Gasteiger partial charge in [0.2, 0.25) is 0 Å². The summed E-state index contributed by atoms with van der Waals surface area (Å²) in [4.78, 5) is 9.00. The van der Waals surface area contributed by atoms with Crippen LogP contribution in [0.4, 0.5) is 0 Å². The van der Waals surface area contributed by atoms with Gasteiger partial charge in [0.15, 0.2) is 0 Å². The third-order valence-corrected chi connectivity index (χ3v) is 2.71. The van der Waals surface area contributed by atoms with Crippen LogP contribution in [0, 0.1) is 17.8 Å². The van der Waals surface area contributed by atoms with Gasteiger partial charge >= 0.3 is 0 Å². The summed E-state index contributed by atoms with van der Waals surface area (Å²) in [7, 11) is 0. The van der Waals surface area contributed by atoms with Crippen molar-refractivity contribution in [3.8, 4) is 0 Å². The first kappa shape index (κ1) is 12.4. The van der Waals surface area contributed by atoms with Gasteiger partial charge in [-0.1, -0.05) is 13.8 Å². The molecule has 0 amide bonds. The average Bonchev–Trinajstić information content (AvgIpc) is 2.30. The molecule has 0 spiro atoms. The second-order valence-electron chi connectivity index (χ2n) is 4.05. The molecular formula is C10H21NO2. The lowest BCUT2D eigenvalue weighted by molar-refractivity contribution is -0.134. The molecule has 3 heteroatoms. The molecule has 0 aliphatic heterocycles. The molecule has 0 heterocycles. The molecule has 1 rings (SSSR count). The monoisotopic (exact) mass is 187 g/mol. The van der Waals surface area contributed by atoms with Crippen molar-refractivity contribution in [3.05, 3.63) is 0 Å². The summed E-state index contributed by atoms with van der Waals surface area (Å²) in [5.41, 5.74) is 5.56. The van der Waals surface area contributed by atoms with Crippen LogP contribution in [0.15, 0.2) is 0 Å². The van der Waals surface area contributed by atoms with Gasteiger partial charge in [0, 0.05) is 6.92 Å². The molecule has 2 unspecified atom stereocenters. The molecular weight excluding hydrogens is 166 g/mol. The topological polar surface area (TPSA) is 63.3 Å². The lowest BCUT2D eigenvalue weighted by Gasteiger charge is -2.04. The predicted octanol–water partition coefficient (Wildman–Crippen LogP) is 1.72. The second-order valence-corrected chi connectivity index (χ2v) is 4.05. The van der Waals surface area contributed by atoms with Crippen LogP contribution >= 0.6 is 0 Å². The fourth-order valence-corrected chi connectivity index (χ4v) is 1.80. The van der Waals surface area contributed by atoms with E-state index in [4.69, 9.17) is 15.6 Å². The van der Waals surface area contributed by atoms with Crippen LogP contribution in [0.2, 0.25) is 0 Å². The molecule has 13 heavy (non-hydrogen) atoms. The van der Waals surface area contributed by atoms with E-state index in [1.54, 1.807) is 0 Å². The van der Waals surface area contributed by atoms with E-state index in [1.807, 2.05) is 0 Å². The van der Waals surface area contributed by atoms with Crippen LogP contribution in [-0.2, 0) is 4.79 Å². The molecule has 0 radical (unpaired) electrons. The van der Waals surface area contributed by atoms with Crippen molar-refractivity contribution < 1.29 is 9.90 Å². The summed E-state index contributed by atoms with van der Waals surface area (Å²) in [6.45, 7) is 6.65. The smallest absolute Gasteiger partial charge is 0.300 e. The van der Waals surface area contributed by atoms with E-state index >= 15 is 0 Å². The van der Waals surface area contributed by atoms with E-state index < -0.39 is 5.97 Å². The highest BCUT2D eigenvalue weighted by molar-refractivity contribution is 5.62. The molecule has 1 aliphatic rings. The normalized spacial score (nSPS) is 32.2. The SMILES string of the molecule is CC(=O)O.CC1CC(CN)CC1C. The number of aliphatic carboxylic acids is 1. The van der Waals surface area contributed by atoms with Crippen molar-refractivity contribution in [3.63, 3.8) is 0 Å². The van der Waals surface area contributed by atoms with E-state index in [9.17, 15) is 0 Å². The molecule has 2 atom stereocenters. The summed E-state index contributed by atoms with van der Waals surface area (Å²) in [6.07, 6.45) is 2.72. The Morgan fingerprint density at radius 2 is 1.69 bits per heavy atom. The quantitative estimate of drug-likeness (QED) is 0.657. The van der Waals surface area contributed by atoms with E-state index in [0.29, 0.717) is 0 Å². The van der Waals surface area contributed by atoms with E-state index in [1.165, 1.54) is 12.8 Å². The van der Waals surface area contributed by atoms with Gasteiger partial charge < -0.3 is 10.8 Å². The van der Waals surface area contributed by atoms with Crippen molar-refractivity contribution in [2.45, 2.75) is 33.6 Å². The lowest BCUT2D eigenvalue weighted by atomic mass is 10.0. The molecule has 1 aliphatic carbocycles. The standard InChI is InChI=1S/C8H17N.C2H4O2/c1-6-3-8(5-9)4-7(6)2;1-2(3)4/h6-8H,3-5,9H2,1-2H3;1H3,(H,3,4). The number of hydrogen-bond acceptors (Lipinski definition) is 2. The van der Waals surface area contributed by atoms with Gasteiger partial charge in [0.05, 0.1) is 0 Å². The van der Waals surface area contributed by atoms with Crippen molar-refractivity contribution in [2.75, 3.05) is 6.54 Å². The van der Waals surface area contributed by atoms with Crippen LogP contribution in [0.5, 0.6) is 0 Å². The van der Waals surface area contributed by atoms with Crippen LogP contribution in [0.3, 0.4) is 0 Å². The Bertz CT molecular complexity index is 145. The minimum absolute atomic E-state index is 0.829. The molecule has 78 valence electrons. The van der Waals surface area contributed by atoms with Gasteiger partial charge in [0.1, 0.15) is 0 Å². The highest BCUT2D eigenvalue weighted by Crippen LogP contribution is 2.34. The van der Waals surface area contributed by atoms with Gasteiger partial charge in [-0.3, -0.25) is 4.79 Å². The maximum absolute atomic E-state index is 9.00. The summed E-state index contributed by atoms with van der Waals surface area (Å²) >= 11 is 0. The number of carboxylic acids is 1. The molecule has 1 saturated carbocycles.